The van der Waals surface area contributed by atoms with E-state index in [1.54, 1.807) is 12.3 Å². The van der Waals surface area contributed by atoms with E-state index in [0.29, 0.717) is 23.1 Å². The molecular weight excluding hydrogens is 242 g/mol. The molecule has 1 N–H and O–H groups in total. The number of aromatic hydroxyl groups is 1. The Labute approximate surface area is 111 Å². The van der Waals surface area contributed by atoms with Crippen LogP contribution in [0.3, 0.4) is 0 Å². The van der Waals surface area contributed by atoms with Crippen molar-refractivity contribution >= 4 is 11.0 Å². The normalized spacial score (nSPS) is 16.8. The van der Waals surface area contributed by atoms with Gasteiger partial charge in [0.25, 0.3) is 0 Å². The summed E-state index contributed by atoms with van der Waals surface area (Å²) in [7, 11) is 0. The van der Waals surface area contributed by atoms with Crippen molar-refractivity contribution in [2.45, 2.75) is 25.8 Å². The van der Waals surface area contributed by atoms with Crippen molar-refractivity contribution in [3.8, 4) is 5.75 Å². The molecule has 0 atom stereocenters. The second-order valence-electron chi connectivity index (χ2n) is 5.11. The van der Waals surface area contributed by atoms with Crippen LogP contribution in [0.15, 0.2) is 33.7 Å². The Kier molecular flexibility index (Phi) is 3.25. The fourth-order valence-corrected chi connectivity index (χ4v) is 2.63. The quantitative estimate of drug-likeness (QED) is 0.900. The molecule has 2 aromatic rings. The third-order valence-electron chi connectivity index (χ3n) is 3.67. The maximum Gasteiger partial charge on any atom is 0.197 e. The molecular formula is C15H17NO3. The van der Waals surface area contributed by atoms with Crippen molar-refractivity contribution in [3.05, 3.63) is 40.2 Å². The molecule has 0 bridgehead atoms. The molecule has 1 aromatic heterocycles. The van der Waals surface area contributed by atoms with Crippen molar-refractivity contribution in [2.75, 3.05) is 13.1 Å². The topological polar surface area (TPSA) is 53.7 Å². The summed E-state index contributed by atoms with van der Waals surface area (Å²) in [5.74, 6) is 0.0925. The fraction of sp³-hybridized carbons (Fsp3) is 0.400. The highest BCUT2D eigenvalue weighted by Crippen LogP contribution is 2.18. The van der Waals surface area contributed by atoms with Gasteiger partial charge in [-0.1, -0.05) is 6.42 Å². The van der Waals surface area contributed by atoms with E-state index in [1.807, 2.05) is 0 Å². The predicted octanol–water partition coefficient (Wildman–Crippen LogP) is 2.48. The lowest BCUT2D eigenvalue weighted by Gasteiger charge is -2.25. The number of rotatable bonds is 2. The van der Waals surface area contributed by atoms with Crippen LogP contribution in [0.1, 0.15) is 24.8 Å². The van der Waals surface area contributed by atoms with E-state index in [9.17, 15) is 9.90 Å². The molecule has 2 heterocycles. The lowest BCUT2D eigenvalue weighted by atomic mass is 10.1. The van der Waals surface area contributed by atoms with Crippen molar-refractivity contribution in [1.82, 2.24) is 4.90 Å². The highest BCUT2D eigenvalue weighted by Gasteiger charge is 2.14. The third-order valence-corrected chi connectivity index (χ3v) is 3.67. The summed E-state index contributed by atoms with van der Waals surface area (Å²) in [4.78, 5) is 14.6. The lowest BCUT2D eigenvalue weighted by Crippen LogP contribution is -2.31. The Morgan fingerprint density at radius 3 is 2.79 bits per heavy atom. The molecule has 100 valence electrons. The number of hydrogen-bond acceptors (Lipinski definition) is 4. The molecule has 0 unspecified atom stereocenters. The van der Waals surface area contributed by atoms with Gasteiger partial charge in [0.15, 0.2) is 5.43 Å². The smallest absolute Gasteiger partial charge is 0.197 e. The highest BCUT2D eigenvalue weighted by molar-refractivity contribution is 5.78. The van der Waals surface area contributed by atoms with E-state index < -0.39 is 0 Å². The fourth-order valence-electron chi connectivity index (χ4n) is 2.63. The van der Waals surface area contributed by atoms with Gasteiger partial charge in [0.2, 0.25) is 0 Å². The first-order chi connectivity index (χ1) is 9.24. The van der Waals surface area contributed by atoms with Crippen LogP contribution in [0.4, 0.5) is 0 Å². The number of phenolic OH excluding ortho intramolecular Hbond substituents is 1. The summed E-state index contributed by atoms with van der Waals surface area (Å²) >= 11 is 0. The second kappa shape index (κ2) is 5.05. The van der Waals surface area contributed by atoms with Crippen LogP contribution < -0.4 is 5.43 Å². The van der Waals surface area contributed by atoms with Crippen LogP contribution in [0.5, 0.6) is 5.75 Å². The van der Waals surface area contributed by atoms with E-state index in [1.165, 1.54) is 31.4 Å². The van der Waals surface area contributed by atoms with Gasteiger partial charge in [-0.05, 0) is 44.1 Å². The minimum Gasteiger partial charge on any atom is -0.508 e. The van der Waals surface area contributed by atoms with Crippen LogP contribution in [-0.2, 0) is 6.54 Å². The number of nitrogens with zero attached hydrogens (tertiary/aromatic N) is 1. The van der Waals surface area contributed by atoms with Crippen molar-refractivity contribution < 1.29 is 9.52 Å². The van der Waals surface area contributed by atoms with Gasteiger partial charge in [-0.2, -0.15) is 0 Å². The number of piperidine rings is 1. The molecule has 4 nitrogen and oxygen atoms in total. The maximum atomic E-state index is 12.4. The van der Waals surface area contributed by atoms with Crippen LogP contribution >= 0.6 is 0 Å². The van der Waals surface area contributed by atoms with Gasteiger partial charge < -0.3 is 9.52 Å². The zero-order valence-electron chi connectivity index (χ0n) is 10.8. The highest BCUT2D eigenvalue weighted by atomic mass is 16.3. The Morgan fingerprint density at radius 1 is 1.21 bits per heavy atom. The summed E-state index contributed by atoms with van der Waals surface area (Å²) < 4.78 is 5.48. The molecule has 3 rings (SSSR count). The summed E-state index contributed by atoms with van der Waals surface area (Å²) in [6.07, 6.45) is 5.21. The van der Waals surface area contributed by atoms with Crippen LogP contribution in [0.25, 0.3) is 11.0 Å². The van der Waals surface area contributed by atoms with Gasteiger partial charge in [-0.25, -0.2) is 0 Å². The van der Waals surface area contributed by atoms with Gasteiger partial charge in [0, 0.05) is 12.1 Å². The average molecular weight is 259 g/mol. The Hall–Kier alpha value is -1.81. The van der Waals surface area contributed by atoms with Gasteiger partial charge in [-0.3, -0.25) is 9.69 Å². The van der Waals surface area contributed by atoms with Crippen molar-refractivity contribution in [3.63, 3.8) is 0 Å². The monoisotopic (exact) mass is 259 g/mol. The van der Waals surface area contributed by atoms with Gasteiger partial charge in [-0.15, -0.1) is 0 Å². The van der Waals surface area contributed by atoms with E-state index in [2.05, 4.69) is 4.90 Å². The predicted molar refractivity (Wildman–Crippen MR) is 73.3 cm³/mol. The van der Waals surface area contributed by atoms with Crippen LogP contribution in [0.2, 0.25) is 0 Å². The molecule has 0 spiro atoms. The first-order valence-electron chi connectivity index (χ1n) is 6.70. The molecule has 1 aromatic carbocycles. The zero-order chi connectivity index (χ0) is 13.2. The number of fused-ring (bicyclic) bond motifs is 1. The van der Waals surface area contributed by atoms with Crippen LogP contribution in [0, 0.1) is 0 Å². The SMILES string of the molecule is O=c1c(CN2CCCCC2)coc2ccc(O)cc12. The Morgan fingerprint density at radius 2 is 2.00 bits per heavy atom. The third kappa shape index (κ3) is 2.49. The molecule has 4 heteroatoms. The molecule has 1 aliphatic heterocycles. The van der Waals surface area contributed by atoms with E-state index >= 15 is 0 Å². The number of benzene rings is 1. The summed E-state index contributed by atoms with van der Waals surface area (Å²) in [5.41, 5.74) is 1.15. The molecule has 0 aliphatic carbocycles. The standard InChI is InChI=1S/C15H17NO3/c17-12-4-5-14-13(8-12)15(18)11(10-19-14)9-16-6-2-1-3-7-16/h4-5,8,10,17H,1-3,6-7,9H2. The maximum absolute atomic E-state index is 12.4. The largest absolute Gasteiger partial charge is 0.508 e. The molecule has 1 saturated heterocycles. The van der Waals surface area contributed by atoms with E-state index in [4.69, 9.17) is 4.42 Å². The molecule has 1 fully saturated rings. The summed E-state index contributed by atoms with van der Waals surface area (Å²) in [6.45, 7) is 2.71. The molecule has 1 aliphatic rings. The van der Waals surface area contributed by atoms with E-state index in [-0.39, 0.29) is 11.2 Å². The molecule has 0 amide bonds. The average Bonchev–Trinajstić information content (AvgIpc) is 2.44. The first-order valence-corrected chi connectivity index (χ1v) is 6.70. The first kappa shape index (κ1) is 12.2. The summed E-state index contributed by atoms with van der Waals surface area (Å²) in [6, 6.07) is 4.62. The minimum absolute atomic E-state index is 0.0391. The molecule has 19 heavy (non-hydrogen) atoms. The number of likely N-dealkylation sites (tertiary alicyclic amines) is 1. The Balaban J connectivity index is 1.95. The van der Waals surface area contributed by atoms with Gasteiger partial charge in [0.1, 0.15) is 11.3 Å². The van der Waals surface area contributed by atoms with Gasteiger partial charge >= 0.3 is 0 Å². The van der Waals surface area contributed by atoms with E-state index in [0.717, 1.165) is 13.1 Å². The summed E-state index contributed by atoms with van der Waals surface area (Å²) in [5, 5.41) is 9.93. The van der Waals surface area contributed by atoms with Crippen LogP contribution in [-0.4, -0.2) is 23.1 Å². The van der Waals surface area contributed by atoms with Crippen molar-refractivity contribution in [1.29, 1.82) is 0 Å². The minimum atomic E-state index is -0.0391. The molecule has 0 radical (unpaired) electrons. The van der Waals surface area contributed by atoms with Crippen molar-refractivity contribution in [2.24, 2.45) is 0 Å². The lowest BCUT2D eigenvalue weighted by molar-refractivity contribution is 0.219. The molecule has 0 saturated carbocycles. The number of phenols is 1. The Bertz CT molecular complexity index is 641. The number of hydrogen-bond donors (Lipinski definition) is 1. The zero-order valence-corrected chi connectivity index (χ0v) is 10.8. The second-order valence-corrected chi connectivity index (χ2v) is 5.11. The van der Waals surface area contributed by atoms with Gasteiger partial charge in [0.05, 0.1) is 11.6 Å².